The number of nitrogens with zero attached hydrogens (tertiary/aromatic N) is 1. The normalized spacial score (nSPS) is 10.8. The molecule has 1 aromatic rings. The number of thioether (sulfide) groups is 1. The Bertz CT molecular complexity index is 534. The molecule has 0 bridgehead atoms. The van der Waals surface area contributed by atoms with Gasteiger partial charge in [0.15, 0.2) is 5.12 Å². The fraction of sp³-hybridized carbons (Fsp3) is 0.333. The molecule has 1 heterocycles. The van der Waals surface area contributed by atoms with Crippen LogP contribution in [0.25, 0.3) is 0 Å². The van der Waals surface area contributed by atoms with Crippen LogP contribution in [0.2, 0.25) is 5.15 Å². The zero-order valence-electron chi connectivity index (χ0n) is 9.84. The van der Waals surface area contributed by atoms with Crippen LogP contribution in [0, 0.1) is 11.8 Å². The summed E-state index contributed by atoms with van der Waals surface area (Å²) in [6.45, 7) is 1.44. The average molecular weight is 308 g/mol. The molecule has 0 unspecified atom stereocenters. The molecular weight excluding hydrogens is 299 g/mol. The molecule has 1 aromatic heterocycles. The van der Waals surface area contributed by atoms with Crippen LogP contribution in [0.15, 0.2) is 12.3 Å². The summed E-state index contributed by atoms with van der Waals surface area (Å²) in [4.78, 5) is 14.1. The van der Waals surface area contributed by atoms with E-state index in [0.717, 1.165) is 17.8 Å². The van der Waals surface area contributed by atoms with Gasteiger partial charge in [0.25, 0.3) is 0 Å². The molecule has 0 radical (unpaired) electrons. The Morgan fingerprint density at radius 3 is 2.79 bits per heavy atom. The Morgan fingerprint density at radius 2 is 2.21 bits per heavy atom. The topological polar surface area (TPSA) is 30.0 Å². The van der Waals surface area contributed by atoms with Crippen LogP contribution in [-0.4, -0.2) is 15.9 Å². The summed E-state index contributed by atoms with van der Waals surface area (Å²) >= 11 is 6.50. The van der Waals surface area contributed by atoms with Crippen molar-refractivity contribution in [3.05, 3.63) is 28.5 Å². The molecule has 1 rings (SSSR count). The van der Waals surface area contributed by atoms with Crippen LogP contribution in [0.5, 0.6) is 0 Å². The van der Waals surface area contributed by atoms with Gasteiger partial charge in [-0.3, -0.25) is 4.79 Å². The van der Waals surface area contributed by atoms with Gasteiger partial charge in [-0.05, 0) is 6.07 Å². The average Bonchev–Trinajstić information content (AvgIpc) is 2.28. The van der Waals surface area contributed by atoms with Crippen molar-refractivity contribution in [2.45, 2.75) is 19.5 Å². The summed E-state index contributed by atoms with van der Waals surface area (Å²) in [6.07, 6.45) is -2.96. The maximum atomic E-state index is 12.5. The predicted molar refractivity (Wildman–Crippen MR) is 68.9 cm³/mol. The molecule has 0 aromatic carbocycles. The van der Waals surface area contributed by atoms with Crippen LogP contribution in [0.4, 0.5) is 13.2 Å². The Kier molecular flexibility index (Phi) is 5.70. The number of aromatic nitrogens is 1. The highest BCUT2D eigenvalue weighted by molar-refractivity contribution is 8.13. The lowest BCUT2D eigenvalue weighted by Crippen LogP contribution is -2.07. The van der Waals surface area contributed by atoms with Crippen molar-refractivity contribution in [1.82, 2.24) is 4.98 Å². The van der Waals surface area contributed by atoms with Crippen molar-refractivity contribution >= 4 is 28.5 Å². The van der Waals surface area contributed by atoms with Crippen molar-refractivity contribution in [2.75, 3.05) is 5.75 Å². The number of carbonyl (C=O) groups excluding carboxylic acids is 1. The van der Waals surface area contributed by atoms with Gasteiger partial charge in [-0.1, -0.05) is 35.2 Å². The second kappa shape index (κ2) is 6.83. The molecule has 102 valence electrons. The second-order valence-corrected chi connectivity index (χ2v) is 5.08. The smallest absolute Gasteiger partial charge is 0.288 e. The predicted octanol–water partition coefficient (Wildman–Crippen LogP) is 3.78. The number of hydrogen-bond donors (Lipinski definition) is 0. The van der Waals surface area contributed by atoms with Gasteiger partial charge in [-0.2, -0.15) is 13.2 Å². The summed E-state index contributed by atoms with van der Waals surface area (Å²) in [7, 11) is 0. The standard InChI is InChI=1S/C12H9ClF3NOS/c1-8(18)19-5-3-2-4-9-6-10(12(14,15)16)11(13)17-7-9/h6-7H,3,5H2,1H3. The fourth-order valence-electron chi connectivity index (χ4n) is 1.13. The van der Waals surface area contributed by atoms with Gasteiger partial charge in [0.05, 0.1) is 5.56 Å². The SMILES string of the molecule is CC(=O)SCCC#Cc1cnc(Cl)c(C(F)(F)F)c1. The molecule has 0 spiro atoms. The lowest BCUT2D eigenvalue weighted by Gasteiger charge is -2.07. The molecular formula is C12H9ClF3NOS. The van der Waals surface area contributed by atoms with Crippen molar-refractivity contribution < 1.29 is 18.0 Å². The zero-order valence-corrected chi connectivity index (χ0v) is 11.4. The van der Waals surface area contributed by atoms with E-state index < -0.39 is 16.9 Å². The number of pyridine rings is 1. The largest absolute Gasteiger partial charge is 0.419 e. The monoisotopic (exact) mass is 307 g/mol. The number of alkyl halides is 3. The van der Waals surface area contributed by atoms with E-state index in [2.05, 4.69) is 16.8 Å². The fourth-order valence-corrected chi connectivity index (χ4v) is 1.83. The van der Waals surface area contributed by atoms with Crippen molar-refractivity contribution in [1.29, 1.82) is 0 Å². The minimum atomic E-state index is -4.55. The van der Waals surface area contributed by atoms with Gasteiger partial charge in [0.1, 0.15) is 5.15 Å². The van der Waals surface area contributed by atoms with Crippen molar-refractivity contribution in [3.8, 4) is 11.8 Å². The molecule has 0 aliphatic heterocycles. The van der Waals surface area contributed by atoms with E-state index in [4.69, 9.17) is 11.6 Å². The number of carbonyl (C=O) groups is 1. The van der Waals surface area contributed by atoms with Gasteiger partial charge in [-0.25, -0.2) is 4.98 Å². The van der Waals surface area contributed by atoms with E-state index in [9.17, 15) is 18.0 Å². The first kappa shape index (κ1) is 15.9. The summed E-state index contributed by atoms with van der Waals surface area (Å²) in [6, 6.07) is 0.862. The molecule has 0 saturated heterocycles. The highest BCUT2D eigenvalue weighted by atomic mass is 35.5. The zero-order chi connectivity index (χ0) is 14.5. The van der Waals surface area contributed by atoms with Crippen LogP contribution in [-0.2, 0) is 11.0 Å². The van der Waals surface area contributed by atoms with Gasteiger partial charge in [-0.15, -0.1) is 0 Å². The molecule has 0 atom stereocenters. The third-order valence-corrected chi connectivity index (χ3v) is 3.03. The van der Waals surface area contributed by atoms with E-state index in [-0.39, 0.29) is 10.7 Å². The molecule has 0 aliphatic carbocycles. The summed E-state index contributed by atoms with van der Waals surface area (Å²) < 4.78 is 37.6. The van der Waals surface area contributed by atoms with Crippen LogP contribution < -0.4 is 0 Å². The maximum absolute atomic E-state index is 12.5. The summed E-state index contributed by atoms with van der Waals surface area (Å²) in [5.41, 5.74) is -0.858. The Labute approximate surface area is 117 Å². The third kappa shape index (κ3) is 5.53. The van der Waals surface area contributed by atoms with E-state index in [0.29, 0.717) is 12.2 Å². The van der Waals surface area contributed by atoms with E-state index in [1.807, 2.05) is 0 Å². The minimum Gasteiger partial charge on any atom is -0.288 e. The molecule has 0 N–H and O–H groups in total. The molecule has 0 fully saturated rings. The van der Waals surface area contributed by atoms with E-state index in [1.165, 1.54) is 13.1 Å². The molecule has 2 nitrogen and oxygen atoms in total. The number of halogens is 4. The van der Waals surface area contributed by atoms with Crippen LogP contribution in [0.3, 0.4) is 0 Å². The van der Waals surface area contributed by atoms with Gasteiger partial charge < -0.3 is 0 Å². The number of hydrogen-bond acceptors (Lipinski definition) is 3. The first-order valence-electron chi connectivity index (χ1n) is 5.15. The van der Waals surface area contributed by atoms with Gasteiger partial charge in [0, 0.05) is 30.9 Å². The van der Waals surface area contributed by atoms with Crippen LogP contribution >= 0.6 is 23.4 Å². The highest BCUT2D eigenvalue weighted by Crippen LogP contribution is 2.33. The maximum Gasteiger partial charge on any atom is 0.419 e. The van der Waals surface area contributed by atoms with Gasteiger partial charge in [0.2, 0.25) is 0 Å². The highest BCUT2D eigenvalue weighted by Gasteiger charge is 2.34. The Morgan fingerprint density at radius 1 is 1.53 bits per heavy atom. The van der Waals surface area contributed by atoms with Crippen molar-refractivity contribution in [2.24, 2.45) is 0 Å². The quantitative estimate of drug-likeness (QED) is 0.473. The first-order valence-corrected chi connectivity index (χ1v) is 6.52. The van der Waals surface area contributed by atoms with Gasteiger partial charge >= 0.3 is 6.18 Å². The molecule has 0 amide bonds. The van der Waals surface area contributed by atoms with Crippen molar-refractivity contribution in [3.63, 3.8) is 0 Å². The second-order valence-electron chi connectivity index (χ2n) is 3.45. The number of rotatable bonds is 2. The molecule has 0 saturated carbocycles. The lowest BCUT2D eigenvalue weighted by molar-refractivity contribution is -0.137. The Hall–Kier alpha value is -1.19. The third-order valence-electron chi connectivity index (χ3n) is 1.91. The van der Waals surface area contributed by atoms with E-state index in [1.54, 1.807) is 0 Å². The molecule has 19 heavy (non-hydrogen) atoms. The van der Waals surface area contributed by atoms with Crippen LogP contribution in [0.1, 0.15) is 24.5 Å². The summed E-state index contributed by atoms with van der Waals surface area (Å²) in [5, 5.41) is -0.612. The van der Waals surface area contributed by atoms with E-state index >= 15 is 0 Å². The lowest BCUT2D eigenvalue weighted by atomic mass is 10.2. The molecule has 0 aliphatic rings. The summed E-state index contributed by atoms with van der Waals surface area (Å²) in [5.74, 6) is 5.75. The Balaban J connectivity index is 2.75. The first-order chi connectivity index (χ1) is 8.80. The molecule has 7 heteroatoms. The minimum absolute atomic E-state index is 0.0192.